The van der Waals surface area contributed by atoms with Crippen LogP contribution in [0.15, 0.2) is 12.3 Å². The van der Waals surface area contributed by atoms with Crippen molar-refractivity contribution >= 4 is 0 Å². The molecule has 0 saturated heterocycles. The monoisotopic (exact) mass is 237 g/mol. The summed E-state index contributed by atoms with van der Waals surface area (Å²) in [7, 11) is 5.19. The normalized spacial score (nSPS) is 12.4. The molecule has 0 amide bonds. The van der Waals surface area contributed by atoms with Gasteiger partial charge in [0, 0.05) is 40.6 Å². The van der Waals surface area contributed by atoms with Gasteiger partial charge in [0.15, 0.2) is 0 Å². The van der Waals surface area contributed by atoms with Crippen LogP contribution in [0.3, 0.4) is 0 Å². The van der Waals surface area contributed by atoms with E-state index < -0.39 is 0 Å². The zero-order valence-corrected chi connectivity index (χ0v) is 10.6. The summed E-state index contributed by atoms with van der Waals surface area (Å²) in [5.41, 5.74) is 1.76. The number of nitrogens with one attached hydrogen (secondary N) is 1. The largest absolute Gasteiger partial charge is 0.382 e. The van der Waals surface area contributed by atoms with Gasteiger partial charge in [-0.3, -0.25) is 0 Å². The van der Waals surface area contributed by atoms with E-state index in [1.165, 1.54) is 0 Å². The summed E-state index contributed by atoms with van der Waals surface area (Å²) < 4.78 is 12.1. The topological polar surface area (TPSA) is 59.2 Å². The highest BCUT2D eigenvalue weighted by Gasteiger charge is 2.07. The van der Waals surface area contributed by atoms with Crippen molar-refractivity contribution in [3.05, 3.63) is 23.5 Å². The third kappa shape index (κ3) is 4.19. The highest BCUT2D eigenvalue weighted by atomic mass is 16.5. The van der Waals surface area contributed by atoms with E-state index in [4.69, 9.17) is 14.7 Å². The van der Waals surface area contributed by atoms with Crippen molar-refractivity contribution in [2.24, 2.45) is 7.05 Å². The molecule has 0 aliphatic heterocycles. The average Bonchev–Trinajstić information content (AvgIpc) is 2.68. The number of aromatic nitrogens is 1. The third-order valence-corrected chi connectivity index (χ3v) is 2.56. The molecule has 1 rings (SSSR count). The van der Waals surface area contributed by atoms with Crippen LogP contribution in [0.25, 0.3) is 0 Å². The molecular weight excluding hydrogens is 218 g/mol. The van der Waals surface area contributed by atoms with Crippen molar-refractivity contribution < 1.29 is 9.47 Å². The predicted molar refractivity (Wildman–Crippen MR) is 64.5 cm³/mol. The van der Waals surface area contributed by atoms with E-state index in [9.17, 15) is 0 Å². The molecule has 1 N–H and O–H groups in total. The Labute approximate surface area is 102 Å². The van der Waals surface area contributed by atoms with E-state index in [1.54, 1.807) is 14.2 Å². The molecular formula is C12H19N3O2. The summed E-state index contributed by atoms with van der Waals surface area (Å²) in [5, 5.41) is 12.1. The SMILES string of the molecule is COCC(CNCc1cc(C#N)n(C)c1)OC. The molecule has 1 heterocycles. The van der Waals surface area contributed by atoms with Gasteiger partial charge in [0.25, 0.3) is 0 Å². The lowest BCUT2D eigenvalue weighted by atomic mass is 10.3. The van der Waals surface area contributed by atoms with Gasteiger partial charge in [0.2, 0.25) is 0 Å². The van der Waals surface area contributed by atoms with Crippen molar-refractivity contribution in [1.29, 1.82) is 5.26 Å². The fourth-order valence-electron chi connectivity index (χ4n) is 1.61. The summed E-state index contributed by atoms with van der Waals surface area (Å²) in [6, 6.07) is 4.02. The maximum absolute atomic E-state index is 8.83. The molecule has 17 heavy (non-hydrogen) atoms. The fourth-order valence-corrected chi connectivity index (χ4v) is 1.61. The van der Waals surface area contributed by atoms with Crippen LogP contribution < -0.4 is 5.32 Å². The average molecular weight is 237 g/mol. The molecule has 0 bridgehead atoms. The summed E-state index contributed by atoms with van der Waals surface area (Å²) in [4.78, 5) is 0. The zero-order chi connectivity index (χ0) is 12.7. The van der Waals surface area contributed by atoms with Crippen LogP contribution in [0.1, 0.15) is 11.3 Å². The molecule has 0 saturated carbocycles. The lowest BCUT2D eigenvalue weighted by Gasteiger charge is -2.14. The quantitative estimate of drug-likeness (QED) is 0.756. The van der Waals surface area contributed by atoms with E-state index in [2.05, 4.69) is 11.4 Å². The molecule has 0 aromatic carbocycles. The molecule has 0 aliphatic carbocycles. The van der Waals surface area contributed by atoms with Crippen molar-refractivity contribution in [1.82, 2.24) is 9.88 Å². The van der Waals surface area contributed by atoms with Gasteiger partial charge in [0.05, 0.1) is 12.7 Å². The fraction of sp³-hybridized carbons (Fsp3) is 0.583. The Balaban J connectivity index is 2.37. The number of nitrogens with zero attached hydrogens (tertiary/aromatic N) is 2. The van der Waals surface area contributed by atoms with Gasteiger partial charge in [-0.25, -0.2) is 0 Å². The number of aryl methyl sites for hydroxylation is 1. The van der Waals surface area contributed by atoms with Crippen LogP contribution in [-0.4, -0.2) is 38.0 Å². The number of hydrogen-bond acceptors (Lipinski definition) is 4. The van der Waals surface area contributed by atoms with Gasteiger partial charge in [-0.1, -0.05) is 0 Å². The Hall–Kier alpha value is -1.35. The second-order valence-corrected chi connectivity index (χ2v) is 3.90. The Bertz CT molecular complexity index is 382. The van der Waals surface area contributed by atoms with E-state index in [1.807, 2.05) is 23.9 Å². The Kier molecular flexibility index (Phi) is 5.70. The minimum atomic E-state index is 0.0548. The summed E-state index contributed by atoms with van der Waals surface area (Å²) in [6.45, 7) is 2.02. The molecule has 1 atom stereocenters. The second-order valence-electron chi connectivity index (χ2n) is 3.90. The van der Waals surface area contributed by atoms with Crippen molar-refractivity contribution in [3.8, 4) is 6.07 Å². The number of ether oxygens (including phenoxy) is 2. The van der Waals surface area contributed by atoms with Crippen molar-refractivity contribution in [3.63, 3.8) is 0 Å². The first kappa shape index (κ1) is 13.7. The summed E-state index contributed by atoms with van der Waals surface area (Å²) >= 11 is 0. The predicted octanol–water partition coefficient (Wildman–Crippen LogP) is 0.648. The Morgan fingerprint density at radius 1 is 1.53 bits per heavy atom. The van der Waals surface area contributed by atoms with Crippen LogP contribution in [0, 0.1) is 11.3 Å². The van der Waals surface area contributed by atoms with Gasteiger partial charge in [0.1, 0.15) is 11.8 Å². The molecule has 0 fully saturated rings. The number of rotatable bonds is 7. The molecule has 5 nitrogen and oxygen atoms in total. The molecule has 1 unspecified atom stereocenters. The van der Waals surface area contributed by atoms with Crippen LogP contribution in [-0.2, 0) is 23.1 Å². The van der Waals surface area contributed by atoms with Crippen LogP contribution >= 0.6 is 0 Å². The molecule has 1 aromatic heterocycles. The first-order chi connectivity index (χ1) is 8.21. The molecule has 0 radical (unpaired) electrons. The van der Waals surface area contributed by atoms with Crippen LogP contribution in [0.2, 0.25) is 0 Å². The minimum Gasteiger partial charge on any atom is -0.382 e. The second kappa shape index (κ2) is 7.07. The van der Waals surface area contributed by atoms with Gasteiger partial charge in [-0.2, -0.15) is 5.26 Å². The van der Waals surface area contributed by atoms with E-state index >= 15 is 0 Å². The molecule has 5 heteroatoms. The summed E-state index contributed by atoms with van der Waals surface area (Å²) in [6.07, 6.45) is 2.00. The lowest BCUT2D eigenvalue weighted by Crippen LogP contribution is -2.31. The van der Waals surface area contributed by atoms with E-state index in [-0.39, 0.29) is 6.10 Å². The standard InChI is InChI=1S/C12H19N3O2/c1-15-8-10(4-11(15)5-13)6-14-7-12(17-3)9-16-2/h4,8,12,14H,6-7,9H2,1-3H3. The first-order valence-electron chi connectivity index (χ1n) is 5.49. The van der Waals surface area contributed by atoms with Crippen molar-refractivity contribution in [2.45, 2.75) is 12.6 Å². The number of methoxy groups -OCH3 is 2. The van der Waals surface area contributed by atoms with Crippen LogP contribution in [0.4, 0.5) is 0 Å². The Morgan fingerprint density at radius 3 is 2.82 bits per heavy atom. The molecule has 0 aliphatic rings. The van der Waals surface area contributed by atoms with Crippen LogP contribution in [0.5, 0.6) is 0 Å². The van der Waals surface area contributed by atoms with E-state index in [0.717, 1.165) is 18.7 Å². The number of hydrogen-bond donors (Lipinski definition) is 1. The minimum absolute atomic E-state index is 0.0548. The highest BCUT2D eigenvalue weighted by Crippen LogP contribution is 2.05. The van der Waals surface area contributed by atoms with Gasteiger partial charge in [-0.15, -0.1) is 0 Å². The molecule has 1 aromatic rings. The molecule has 94 valence electrons. The zero-order valence-electron chi connectivity index (χ0n) is 10.6. The van der Waals surface area contributed by atoms with E-state index in [0.29, 0.717) is 12.3 Å². The van der Waals surface area contributed by atoms with Gasteiger partial charge < -0.3 is 19.4 Å². The Morgan fingerprint density at radius 2 is 2.29 bits per heavy atom. The summed E-state index contributed by atoms with van der Waals surface area (Å²) in [5.74, 6) is 0. The lowest BCUT2D eigenvalue weighted by molar-refractivity contribution is 0.0288. The smallest absolute Gasteiger partial charge is 0.120 e. The maximum Gasteiger partial charge on any atom is 0.120 e. The highest BCUT2D eigenvalue weighted by molar-refractivity contribution is 5.28. The van der Waals surface area contributed by atoms with Crippen molar-refractivity contribution in [2.75, 3.05) is 27.4 Å². The van der Waals surface area contributed by atoms with Gasteiger partial charge in [-0.05, 0) is 11.6 Å². The maximum atomic E-state index is 8.83. The first-order valence-corrected chi connectivity index (χ1v) is 5.49. The molecule has 0 spiro atoms. The third-order valence-electron chi connectivity index (χ3n) is 2.56. The number of nitriles is 1. The van der Waals surface area contributed by atoms with Gasteiger partial charge >= 0.3 is 0 Å².